The molecule has 2 aromatic rings. The Bertz CT molecular complexity index is 750. The van der Waals surface area contributed by atoms with Gasteiger partial charge in [0.15, 0.2) is 0 Å². The topological polar surface area (TPSA) is 61.5 Å². The molecule has 1 fully saturated rings. The summed E-state index contributed by atoms with van der Waals surface area (Å²) in [6.07, 6.45) is 4.89. The van der Waals surface area contributed by atoms with Crippen LogP contribution in [-0.4, -0.2) is 66.2 Å². The zero-order chi connectivity index (χ0) is 19.2. The molecule has 1 saturated heterocycles. The SMILES string of the molecule is COc1ccccc1CCN1CCC(CN(C)C(=O)c2cn[nH]c2C)CC1. The molecular formula is C21H30N4O2. The standard InChI is InChI=1S/C21H30N4O2/c1-16-19(14-22-23-16)21(26)24(2)15-17-8-11-25(12-9-17)13-10-18-6-4-5-7-20(18)27-3/h4-7,14,17H,8-13,15H2,1-3H3,(H,22,23). The second-order valence-electron chi connectivity index (χ2n) is 7.44. The van der Waals surface area contributed by atoms with Crippen LogP contribution in [-0.2, 0) is 6.42 Å². The number of H-pyrrole nitrogens is 1. The first-order valence-corrected chi connectivity index (χ1v) is 9.68. The summed E-state index contributed by atoms with van der Waals surface area (Å²) >= 11 is 0. The molecule has 6 heteroatoms. The van der Waals surface area contributed by atoms with Crippen LogP contribution in [0.4, 0.5) is 0 Å². The molecule has 0 atom stereocenters. The lowest BCUT2D eigenvalue weighted by Gasteiger charge is -2.34. The summed E-state index contributed by atoms with van der Waals surface area (Å²) in [6, 6.07) is 8.25. The van der Waals surface area contributed by atoms with Gasteiger partial charge in [-0.3, -0.25) is 9.89 Å². The summed E-state index contributed by atoms with van der Waals surface area (Å²) in [5.41, 5.74) is 2.77. The summed E-state index contributed by atoms with van der Waals surface area (Å²) in [6.45, 7) is 5.92. The summed E-state index contributed by atoms with van der Waals surface area (Å²) in [5.74, 6) is 1.59. The molecule has 1 aliphatic heterocycles. The van der Waals surface area contributed by atoms with E-state index in [0.29, 0.717) is 11.5 Å². The van der Waals surface area contributed by atoms with Gasteiger partial charge in [0.25, 0.3) is 5.91 Å². The van der Waals surface area contributed by atoms with E-state index in [4.69, 9.17) is 4.74 Å². The maximum Gasteiger partial charge on any atom is 0.257 e. The fourth-order valence-corrected chi connectivity index (χ4v) is 3.82. The van der Waals surface area contributed by atoms with Crippen LogP contribution < -0.4 is 4.74 Å². The fraction of sp³-hybridized carbons (Fsp3) is 0.524. The van der Waals surface area contributed by atoms with Gasteiger partial charge in [0.1, 0.15) is 5.75 Å². The number of nitrogens with one attached hydrogen (secondary N) is 1. The van der Waals surface area contributed by atoms with Gasteiger partial charge in [-0.25, -0.2) is 0 Å². The minimum absolute atomic E-state index is 0.0554. The number of hydrogen-bond donors (Lipinski definition) is 1. The van der Waals surface area contributed by atoms with Crippen molar-refractivity contribution in [3.63, 3.8) is 0 Å². The van der Waals surface area contributed by atoms with E-state index in [9.17, 15) is 4.79 Å². The first-order valence-electron chi connectivity index (χ1n) is 9.68. The number of carbonyl (C=O) groups excluding carboxylic acids is 1. The van der Waals surface area contributed by atoms with Gasteiger partial charge in [-0.1, -0.05) is 18.2 Å². The lowest BCUT2D eigenvalue weighted by molar-refractivity contribution is 0.0739. The van der Waals surface area contributed by atoms with Gasteiger partial charge in [0.2, 0.25) is 0 Å². The monoisotopic (exact) mass is 370 g/mol. The highest BCUT2D eigenvalue weighted by molar-refractivity contribution is 5.94. The van der Waals surface area contributed by atoms with Crippen molar-refractivity contribution in [3.8, 4) is 5.75 Å². The predicted molar refractivity (Wildman–Crippen MR) is 106 cm³/mol. The molecule has 0 radical (unpaired) electrons. The number of ether oxygens (including phenoxy) is 1. The van der Waals surface area contributed by atoms with Crippen LogP contribution in [0, 0.1) is 12.8 Å². The van der Waals surface area contributed by atoms with E-state index in [1.54, 1.807) is 13.3 Å². The van der Waals surface area contributed by atoms with Crippen LogP contribution in [0.2, 0.25) is 0 Å². The molecule has 3 rings (SSSR count). The van der Waals surface area contributed by atoms with Crippen molar-refractivity contribution in [2.24, 2.45) is 5.92 Å². The predicted octanol–water partition coefficient (Wildman–Crippen LogP) is 2.75. The average Bonchev–Trinajstić information content (AvgIpc) is 3.12. The van der Waals surface area contributed by atoms with Crippen LogP contribution in [0.25, 0.3) is 0 Å². The number of aryl methyl sites for hydroxylation is 1. The third-order valence-electron chi connectivity index (χ3n) is 5.54. The van der Waals surface area contributed by atoms with Crippen molar-refractivity contribution in [2.75, 3.05) is 40.3 Å². The van der Waals surface area contributed by atoms with Crippen LogP contribution >= 0.6 is 0 Å². The normalized spacial score (nSPS) is 15.7. The van der Waals surface area contributed by atoms with E-state index in [-0.39, 0.29) is 5.91 Å². The highest BCUT2D eigenvalue weighted by Crippen LogP contribution is 2.22. The zero-order valence-corrected chi connectivity index (χ0v) is 16.6. The molecular weight excluding hydrogens is 340 g/mol. The third-order valence-corrected chi connectivity index (χ3v) is 5.54. The molecule has 1 amide bonds. The van der Waals surface area contributed by atoms with Crippen LogP contribution in [0.5, 0.6) is 5.75 Å². The first kappa shape index (κ1) is 19.4. The highest BCUT2D eigenvalue weighted by atomic mass is 16.5. The molecule has 1 N–H and O–H groups in total. The average molecular weight is 370 g/mol. The molecule has 1 aromatic heterocycles. The third kappa shape index (κ3) is 4.89. The highest BCUT2D eigenvalue weighted by Gasteiger charge is 2.23. The van der Waals surface area contributed by atoms with Gasteiger partial charge < -0.3 is 14.5 Å². The number of likely N-dealkylation sites (tertiary alicyclic amines) is 1. The molecule has 2 heterocycles. The molecule has 0 unspecified atom stereocenters. The summed E-state index contributed by atoms with van der Waals surface area (Å²) < 4.78 is 5.44. The number of hydrogen-bond acceptors (Lipinski definition) is 4. The summed E-state index contributed by atoms with van der Waals surface area (Å²) in [4.78, 5) is 16.9. The Balaban J connectivity index is 1.43. The van der Waals surface area contributed by atoms with Gasteiger partial charge in [0.05, 0.1) is 18.9 Å². The Labute approximate surface area is 161 Å². The fourth-order valence-electron chi connectivity index (χ4n) is 3.82. The van der Waals surface area contributed by atoms with Crippen molar-refractivity contribution < 1.29 is 9.53 Å². The molecule has 27 heavy (non-hydrogen) atoms. The number of carbonyl (C=O) groups is 1. The number of amides is 1. The van der Waals surface area contributed by atoms with Crippen molar-refractivity contribution >= 4 is 5.91 Å². The molecule has 0 saturated carbocycles. The van der Waals surface area contributed by atoms with Crippen LogP contribution in [0.3, 0.4) is 0 Å². The zero-order valence-electron chi connectivity index (χ0n) is 16.6. The molecule has 0 spiro atoms. The van der Waals surface area contributed by atoms with Gasteiger partial charge in [-0.2, -0.15) is 5.10 Å². The van der Waals surface area contributed by atoms with Gasteiger partial charge in [-0.15, -0.1) is 0 Å². The Morgan fingerprint density at radius 1 is 1.33 bits per heavy atom. The van der Waals surface area contributed by atoms with E-state index in [1.807, 2.05) is 31.0 Å². The van der Waals surface area contributed by atoms with Crippen LogP contribution in [0.15, 0.2) is 30.5 Å². The molecule has 1 aromatic carbocycles. The minimum atomic E-state index is 0.0554. The second-order valence-corrected chi connectivity index (χ2v) is 7.44. The van der Waals surface area contributed by atoms with E-state index in [1.165, 1.54) is 5.56 Å². The lowest BCUT2D eigenvalue weighted by Crippen LogP contribution is -2.40. The summed E-state index contributed by atoms with van der Waals surface area (Å²) in [7, 11) is 3.62. The number of nitrogens with zero attached hydrogens (tertiary/aromatic N) is 3. The number of piperidine rings is 1. The van der Waals surface area contributed by atoms with E-state index in [0.717, 1.165) is 56.9 Å². The Morgan fingerprint density at radius 3 is 2.74 bits per heavy atom. The number of aromatic amines is 1. The van der Waals surface area contributed by atoms with E-state index >= 15 is 0 Å². The Kier molecular flexibility index (Phi) is 6.50. The number of benzene rings is 1. The molecule has 1 aliphatic rings. The largest absolute Gasteiger partial charge is 0.496 e. The molecule has 6 nitrogen and oxygen atoms in total. The van der Waals surface area contributed by atoms with E-state index in [2.05, 4.69) is 27.2 Å². The molecule has 0 bridgehead atoms. The van der Waals surface area contributed by atoms with Crippen molar-refractivity contribution in [3.05, 3.63) is 47.3 Å². The Hall–Kier alpha value is -2.34. The van der Waals surface area contributed by atoms with Crippen LogP contribution in [0.1, 0.15) is 34.5 Å². The van der Waals surface area contributed by atoms with Crippen molar-refractivity contribution in [1.82, 2.24) is 20.0 Å². The maximum atomic E-state index is 12.5. The molecule has 146 valence electrons. The van der Waals surface area contributed by atoms with Crippen molar-refractivity contribution in [2.45, 2.75) is 26.2 Å². The number of rotatable bonds is 7. The Morgan fingerprint density at radius 2 is 2.07 bits per heavy atom. The quantitative estimate of drug-likeness (QED) is 0.814. The van der Waals surface area contributed by atoms with Gasteiger partial charge >= 0.3 is 0 Å². The second kappa shape index (κ2) is 9.04. The smallest absolute Gasteiger partial charge is 0.257 e. The lowest BCUT2D eigenvalue weighted by atomic mass is 9.95. The number of methoxy groups -OCH3 is 1. The maximum absolute atomic E-state index is 12.5. The van der Waals surface area contributed by atoms with Crippen molar-refractivity contribution in [1.29, 1.82) is 0 Å². The number of para-hydroxylation sites is 1. The summed E-state index contributed by atoms with van der Waals surface area (Å²) in [5, 5.41) is 6.79. The van der Waals surface area contributed by atoms with Gasteiger partial charge in [0, 0.05) is 25.8 Å². The number of aromatic nitrogens is 2. The van der Waals surface area contributed by atoms with Gasteiger partial charge in [-0.05, 0) is 56.8 Å². The minimum Gasteiger partial charge on any atom is -0.496 e. The first-order chi connectivity index (χ1) is 13.1. The van der Waals surface area contributed by atoms with E-state index < -0.39 is 0 Å². The molecule has 0 aliphatic carbocycles.